The Hall–Kier alpha value is -1.90. The van der Waals surface area contributed by atoms with Gasteiger partial charge in [0, 0.05) is 18.0 Å². The minimum Gasteiger partial charge on any atom is -0.389 e. The van der Waals surface area contributed by atoms with Gasteiger partial charge in [-0.05, 0) is 24.0 Å². The van der Waals surface area contributed by atoms with Crippen LogP contribution in [0.2, 0.25) is 0 Å². The van der Waals surface area contributed by atoms with Gasteiger partial charge in [-0.25, -0.2) is 0 Å². The summed E-state index contributed by atoms with van der Waals surface area (Å²) in [4.78, 5) is 0. The van der Waals surface area contributed by atoms with Gasteiger partial charge >= 0.3 is 0 Å². The molecule has 1 heterocycles. The van der Waals surface area contributed by atoms with Crippen LogP contribution < -0.4 is 5.32 Å². The predicted molar refractivity (Wildman–Crippen MR) is 95.0 cm³/mol. The second-order valence-corrected chi connectivity index (χ2v) is 6.61. The summed E-state index contributed by atoms with van der Waals surface area (Å²) in [6.07, 6.45) is 3.15. The van der Waals surface area contributed by atoms with Crippen molar-refractivity contribution in [3.05, 3.63) is 84.4 Å². The maximum Gasteiger partial charge on any atom is 0.0743 e. The summed E-state index contributed by atoms with van der Waals surface area (Å²) in [5.74, 6) is 0.114. The minimum atomic E-state index is -0.742. The second-order valence-electron chi connectivity index (χ2n) is 6.61. The molecule has 2 heteroatoms. The van der Waals surface area contributed by atoms with Crippen LogP contribution in [0, 0.1) is 5.92 Å². The lowest BCUT2D eigenvalue weighted by Crippen LogP contribution is -2.51. The van der Waals surface area contributed by atoms with Crippen molar-refractivity contribution < 1.29 is 5.11 Å². The highest BCUT2D eigenvalue weighted by Crippen LogP contribution is 2.44. The number of hydrogen-bond acceptors (Lipinski definition) is 2. The van der Waals surface area contributed by atoms with E-state index in [1.54, 1.807) is 0 Å². The molecule has 1 fully saturated rings. The first-order valence-electron chi connectivity index (χ1n) is 8.33. The lowest BCUT2D eigenvalue weighted by molar-refractivity contribution is -0.0654. The third-order valence-electron chi connectivity index (χ3n) is 5.14. The number of rotatable bonds is 4. The maximum atomic E-state index is 11.3. The molecule has 2 N–H and O–H groups in total. The highest BCUT2D eigenvalue weighted by molar-refractivity contribution is 5.26. The molecule has 2 nitrogen and oxygen atoms in total. The van der Waals surface area contributed by atoms with Crippen LogP contribution in [0.3, 0.4) is 0 Å². The first-order chi connectivity index (χ1) is 11.1. The Balaban J connectivity index is 1.97. The lowest BCUT2D eigenvalue weighted by atomic mass is 9.70. The molecule has 0 amide bonds. The number of nitrogens with one attached hydrogen (secondary N) is 1. The fraction of sp³-hybridized carbons (Fsp3) is 0.333. The molecule has 0 spiro atoms. The van der Waals surface area contributed by atoms with Crippen molar-refractivity contribution >= 4 is 0 Å². The summed E-state index contributed by atoms with van der Waals surface area (Å²) in [6, 6.07) is 21.1. The molecule has 1 saturated heterocycles. The van der Waals surface area contributed by atoms with E-state index in [4.69, 9.17) is 0 Å². The second kappa shape index (κ2) is 6.69. The van der Waals surface area contributed by atoms with Gasteiger partial charge in [-0.2, -0.15) is 0 Å². The molecule has 0 saturated carbocycles. The average Bonchev–Trinajstić information content (AvgIpc) is 2.59. The zero-order chi connectivity index (χ0) is 16.3. The first-order valence-corrected chi connectivity index (χ1v) is 8.33. The molecule has 2 aromatic carbocycles. The number of hydrogen-bond donors (Lipinski definition) is 2. The largest absolute Gasteiger partial charge is 0.389 e. The van der Waals surface area contributed by atoms with Crippen LogP contribution in [0.25, 0.3) is 0 Å². The maximum absolute atomic E-state index is 11.3. The van der Waals surface area contributed by atoms with Crippen LogP contribution in [-0.4, -0.2) is 10.7 Å². The Bertz CT molecular complexity index is 639. The highest BCUT2D eigenvalue weighted by Gasteiger charge is 2.45. The number of piperidine rings is 1. The lowest BCUT2D eigenvalue weighted by Gasteiger charge is -2.47. The van der Waals surface area contributed by atoms with E-state index in [0.717, 1.165) is 0 Å². The molecule has 120 valence electrons. The Morgan fingerprint density at radius 2 is 1.65 bits per heavy atom. The Kier molecular flexibility index (Phi) is 4.65. The summed E-state index contributed by atoms with van der Waals surface area (Å²) in [7, 11) is 0. The van der Waals surface area contributed by atoms with E-state index in [9.17, 15) is 5.11 Å². The van der Waals surface area contributed by atoms with Gasteiger partial charge in [0.1, 0.15) is 0 Å². The normalized spacial score (nSPS) is 30.8. The SMILES string of the molecule is C=CC[C@]1(O)C[C@H](c2ccccc2)N[C@@H](c2ccccc2)[C@@H]1C. The molecule has 0 unspecified atom stereocenters. The standard InChI is InChI=1S/C21H25NO/c1-3-14-21(23)15-19(17-10-6-4-7-11-17)22-20(16(21)2)18-12-8-5-9-13-18/h3-13,16,19-20,22-23H,1,14-15H2,2H3/t16-,19+,20+,21-/m0/s1. The smallest absolute Gasteiger partial charge is 0.0743 e. The van der Waals surface area contributed by atoms with E-state index in [2.05, 4.69) is 67.4 Å². The van der Waals surface area contributed by atoms with E-state index in [1.807, 2.05) is 18.2 Å². The fourth-order valence-electron chi connectivity index (χ4n) is 3.73. The van der Waals surface area contributed by atoms with Crippen LogP contribution in [0.4, 0.5) is 0 Å². The zero-order valence-corrected chi connectivity index (χ0v) is 13.7. The Labute approximate surface area is 138 Å². The molecule has 1 aliphatic heterocycles. The molecule has 1 aliphatic rings. The van der Waals surface area contributed by atoms with E-state index < -0.39 is 5.60 Å². The van der Waals surface area contributed by atoms with Crippen molar-refractivity contribution in [1.82, 2.24) is 5.32 Å². The van der Waals surface area contributed by atoms with Gasteiger partial charge in [-0.3, -0.25) is 0 Å². The van der Waals surface area contributed by atoms with Crippen molar-refractivity contribution in [3.63, 3.8) is 0 Å². The predicted octanol–water partition coefficient (Wildman–Crippen LogP) is 4.41. The van der Waals surface area contributed by atoms with Crippen LogP contribution in [0.15, 0.2) is 73.3 Å². The summed E-state index contributed by atoms with van der Waals surface area (Å²) >= 11 is 0. The third-order valence-corrected chi connectivity index (χ3v) is 5.14. The zero-order valence-electron chi connectivity index (χ0n) is 13.7. The molecule has 2 aromatic rings. The molecule has 4 atom stereocenters. The molecule has 0 aliphatic carbocycles. The minimum absolute atomic E-state index is 0.114. The van der Waals surface area contributed by atoms with Gasteiger partial charge in [-0.15, -0.1) is 6.58 Å². The summed E-state index contributed by atoms with van der Waals surface area (Å²) in [5.41, 5.74) is 1.71. The summed E-state index contributed by atoms with van der Waals surface area (Å²) in [6.45, 7) is 5.98. The van der Waals surface area contributed by atoms with E-state index in [1.165, 1.54) is 11.1 Å². The number of benzene rings is 2. The van der Waals surface area contributed by atoms with Crippen molar-refractivity contribution in [3.8, 4) is 0 Å². The van der Waals surface area contributed by atoms with Gasteiger partial charge in [0.05, 0.1) is 5.60 Å². The van der Waals surface area contributed by atoms with E-state index >= 15 is 0 Å². The molecular formula is C21H25NO. The van der Waals surface area contributed by atoms with Gasteiger partial charge in [0.25, 0.3) is 0 Å². The van der Waals surface area contributed by atoms with Gasteiger partial charge in [-0.1, -0.05) is 73.7 Å². The van der Waals surface area contributed by atoms with Crippen LogP contribution in [-0.2, 0) is 0 Å². The van der Waals surface area contributed by atoms with Crippen molar-refractivity contribution in [2.45, 2.75) is 37.5 Å². The first kappa shape index (κ1) is 16.0. The van der Waals surface area contributed by atoms with Gasteiger partial charge in [0.15, 0.2) is 0 Å². The topological polar surface area (TPSA) is 32.3 Å². The number of aliphatic hydroxyl groups is 1. The highest BCUT2D eigenvalue weighted by atomic mass is 16.3. The van der Waals surface area contributed by atoms with E-state index in [0.29, 0.717) is 12.8 Å². The van der Waals surface area contributed by atoms with Crippen LogP contribution in [0.1, 0.15) is 43.0 Å². The molecule has 0 aromatic heterocycles. The summed E-state index contributed by atoms with van der Waals surface area (Å²) < 4.78 is 0. The van der Waals surface area contributed by atoms with Gasteiger partial charge in [0.2, 0.25) is 0 Å². The summed E-state index contributed by atoms with van der Waals surface area (Å²) in [5, 5.41) is 15.0. The quantitative estimate of drug-likeness (QED) is 0.820. The Morgan fingerprint density at radius 3 is 2.22 bits per heavy atom. The van der Waals surface area contributed by atoms with Crippen molar-refractivity contribution in [1.29, 1.82) is 0 Å². The van der Waals surface area contributed by atoms with Gasteiger partial charge < -0.3 is 10.4 Å². The van der Waals surface area contributed by atoms with Crippen LogP contribution in [0.5, 0.6) is 0 Å². The Morgan fingerprint density at radius 1 is 1.09 bits per heavy atom. The molecule has 23 heavy (non-hydrogen) atoms. The van der Waals surface area contributed by atoms with Crippen molar-refractivity contribution in [2.75, 3.05) is 0 Å². The van der Waals surface area contributed by atoms with Crippen LogP contribution >= 0.6 is 0 Å². The molecular weight excluding hydrogens is 282 g/mol. The fourth-order valence-corrected chi connectivity index (χ4v) is 3.73. The molecule has 0 bridgehead atoms. The molecule has 3 rings (SSSR count). The third kappa shape index (κ3) is 3.24. The van der Waals surface area contributed by atoms with E-state index in [-0.39, 0.29) is 18.0 Å². The van der Waals surface area contributed by atoms with Crippen molar-refractivity contribution in [2.24, 2.45) is 5.92 Å². The molecule has 0 radical (unpaired) electrons. The average molecular weight is 307 g/mol. The monoisotopic (exact) mass is 307 g/mol.